The summed E-state index contributed by atoms with van der Waals surface area (Å²) in [6.45, 7) is 0.584. The maximum atomic E-state index is 12.1. The number of carbonyl (C=O) groups is 1. The van der Waals surface area contributed by atoms with Gasteiger partial charge in [-0.3, -0.25) is 9.69 Å². The number of hydrogen-bond acceptors (Lipinski definition) is 4. The highest BCUT2D eigenvalue weighted by Crippen LogP contribution is 2.38. The minimum atomic E-state index is -4.41. The predicted octanol–water partition coefficient (Wildman–Crippen LogP) is 1.19. The quantitative estimate of drug-likeness (QED) is 0.855. The van der Waals surface area contributed by atoms with Gasteiger partial charge >= 0.3 is 6.18 Å². The number of alkyl halides is 3. The molecule has 1 fully saturated rings. The molecule has 22 heavy (non-hydrogen) atoms. The first-order valence-corrected chi connectivity index (χ1v) is 7.12. The molecule has 0 bridgehead atoms. The average Bonchev–Trinajstić information content (AvgIpc) is 3.21. The zero-order valence-corrected chi connectivity index (χ0v) is 12.8. The van der Waals surface area contributed by atoms with Gasteiger partial charge in [-0.05, 0) is 26.8 Å². The van der Waals surface area contributed by atoms with Crippen molar-refractivity contribution in [2.45, 2.75) is 44.4 Å². The molecule has 0 spiro atoms. The third kappa shape index (κ3) is 4.19. The van der Waals surface area contributed by atoms with Crippen molar-refractivity contribution >= 4 is 5.91 Å². The molecular weight excluding hydrogens is 299 g/mol. The van der Waals surface area contributed by atoms with E-state index in [9.17, 15) is 18.0 Å². The predicted molar refractivity (Wildman–Crippen MR) is 73.0 cm³/mol. The van der Waals surface area contributed by atoms with Gasteiger partial charge in [0.05, 0.1) is 12.6 Å². The van der Waals surface area contributed by atoms with E-state index in [4.69, 9.17) is 0 Å². The van der Waals surface area contributed by atoms with E-state index in [0.717, 1.165) is 18.7 Å². The van der Waals surface area contributed by atoms with E-state index in [1.54, 1.807) is 18.9 Å². The molecule has 1 atom stereocenters. The van der Waals surface area contributed by atoms with Crippen molar-refractivity contribution in [1.29, 1.82) is 0 Å². The van der Waals surface area contributed by atoms with E-state index in [1.807, 2.05) is 16.9 Å². The van der Waals surface area contributed by atoms with Crippen molar-refractivity contribution in [3.8, 4) is 0 Å². The van der Waals surface area contributed by atoms with Crippen LogP contribution in [0, 0.1) is 0 Å². The van der Waals surface area contributed by atoms with Gasteiger partial charge in [-0.1, -0.05) is 0 Å². The molecule has 2 rings (SSSR count). The van der Waals surface area contributed by atoms with Crippen LogP contribution in [0.25, 0.3) is 0 Å². The lowest BCUT2D eigenvalue weighted by molar-refractivity contribution is -0.141. The second-order valence-electron chi connectivity index (χ2n) is 5.73. The number of hydrogen-bond donors (Lipinski definition) is 1. The standard InChI is InChI=1S/C13H20F3N5O/c1-8(12(22)17-7-13(14,15)16)20(2)6-10-18-19-11(21(10)3)9-4-5-9/h8-9H,4-7H2,1-3H3,(H,17,22). The van der Waals surface area contributed by atoms with Crippen molar-refractivity contribution in [2.75, 3.05) is 13.6 Å². The minimum Gasteiger partial charge on any atom is -0.346 e. The summed E-state index contributed by atoms with van der Waals surface area (Å²) in [5.41, 5.74) is 0. The van der Waals surface area contributed by atoms with Gasteiger partial charge in [0.15, 0.2) is 0 Å². The van der Waals surface area contributed by atoms with E-state index in [-0.39, 0.29) is 0 Å². The molecule has 1 aromatic rings. The van der Waals surface area contributed by atoms with Crippen molar-refractivity contribution in [3.05, 3.63) is 11.6 Å². The summed E-state index contributed by atoms with van der Waals surface area (Å²) in [6.07, 6.45) is -2.19. The first-order chi connectivity index (χ1) is 10.2. The number of amides is 1. The Morgan fingerprint density at radius 1 is 1.45 bits per heavy atom. The molecule has 1 N–H and O–H groups in total. The number of aromatic nitrogens is 3. The normalized spacial score (nSPS) is 16.9. The number of nitrogens with zero attached hydrogens (tertiary/aromatic N) is 4. The zero-order valence-electron chi connectivity index (χ0n) is 12.8. The molecule has 0 radical (unpaired) electrons. The molecule has 6 nitrogen and oxygen atoms in total. The van der Waals surface area contributed by atoms with Crippen LogP contribution in [0.1, 0.15) is 37.3 Å². The van der Waals surface area contributed by atoms with E-state index >= 15 is 0 Å². The van der Waals surface area contributed by atoms with E-state index in [2.05, 4.69) is 10.2 Å². The van der Waals surface area contributed by atoms with Crippen LogP contribution in [-0.2, 0) is 18.4 Å². The van der Waals surface area contributed by atoms with Crippen LogP contribution in [0.5, 0.6) is 0 Å². The summed E-state index contributed by atoms with van der Waals surface area (Å²) in [7, 11) is 3.54. The van der Waals surface area contributed by atoms with Gasteiger partial charge in [-0.2, -0.15) is 13.2 Å². The van der Waals surface area contributed by atoms with Gasteiger partial charge < -0.3 is 9.88 Å². The number of carbonyl (C=O) groups excluding carboxylic acids is 1. The van der Waals surface area contributed by atoms with Gasteiger partial charge in [-0.25, -0.2) is 0 Å². The number of nitrogens with one attached hydrogen (secondary N) is 1. The molecule has 1 aromatic heterocycles. The Balaban J connectivity index is 1.90. The molecule has 9 heteroatoms. The molecule has 124 valence electrons. The number of halogens is 3. The number of rotatable bonds is 6. The third-order valence-corrected chi connectivity index (χ3v) is 3.84. The zero-order chi connectivity index (χ0) is 16.5. The lowest BCUT2D eigenvalue weighted by atomic mass is 10.2. The third-order valence-electron chi connectivity index (χ3n) is 3.84. The van der Waals surface area contributed by atoms with Crippen LogP contribution in [-0.4, -0.2) is 51.4 Å². The first-order valence-electron chi connectivity index (χ1n) is 7.12. The maximum absolute atomic E-state index is 12.1. The summed E-state index contributed by atoms with van der Waals surface area (Å²) in [6, 6.07) is -0.691. The average molecular weight is 319 g/mol. The van der Waals surface area contributed by atoms with Crippen molar-refractivity contribution in [2.24, 2.45) is 7.05 Å². The van der Waals surface area contributed by atoms with Crippen LogP contribution in [0.15, 0.2) is 0 Å². The fourth-order valence-corrected chi connectivity index (χ4v) is 2.11. The molecule has 0 saturated heterocycles. The molecule has 1 heterocycles. The van der Waals surface area contributed by atoms with E-state index in [0.29, 0.717) is 18.3 Å². The van der Waals surface area contributed by atoms with Crippen LogP contribution in [0.3, 0.4) is 0 Å². The largest absolute Gasteiger partial charge is 0.405 e. The molecule has 1 saturated carbocycles. The van der Waals surface area contributed by atoms with Gasteiger partial charge in [-0.15, -0.1) is 10.2 Å². The van der Waals surface area contributed by atoms with Crippen LogP contribution in [0.2, 0.25) is 0 Å². The SMILES string of the molecule is CC(C(=O)NCC(F)(F)F)N(C)Cc1nnc(C2CC2)n1C. The topological polar surface area (TPSA) is 63.1 Å². The van der Waals surface area contributed by atoms with Crippen molar-refractivity contribution in [3.63, 3.8) is 0 Å². The lowest BCUT2D eigenvalue weighted by Crippen LogP contribution is -2.45. The highest BCUT2D eigenvalue weighted by molar-refractivity contribution is 5.81. The molecule has 1 aliphatic rings. The smallest absolute Gasteiger partial charge is 0.346 e. The summed E-state index contributed by atoms with van der Waals surface area (Å²) in [5.74, 6) is 1.42. The summed E-state index contributed by atoms with van der Waals surface area (Å²) in [4.78, 5) is 13.4. The maximum Gasteiger partial charge on any atom is 0.405 e. The van der Waals surface area contributed by atoms with Crippen LogP contribution < -0.4 is 5.32 Å². The van der Waals surface area contributed by atoms with Gasteiger partial charge in [0, 0.05) is 13.0 Å². The van der Waals surface area contributed by atoms with Gasteiger partial charge in [0.2, 0.25) is 5.91 Å². The Morgan fingerprint density at radius 3 is 2.64 bits per heavy atom. The molecule has 0 aliphatic heterocycles. The Kier molecular flexibility index (Phi) is 4.74. The van der Waals surface area contributed by atoms with E-state index in [1.165, 1.54) is 0 Å². The summed E-state index contributed by atoms with van der Waals surface area (Å²) in [5, 5.41) is 10.1. The first kappa shape index (κ1) is 16.7. The lowest BCUT2D eigenvalue weighted by Gasteiger charge is -2.23. The van der Waals surface area contributed by atoms with Crippen molar-refractivity contribution in [1.82, 2.24) is 25.0 Å². The Hall–Kier alpha value is -1.64. The summed E-state index contributed by atoms with van der Waals surface area (Å²) < 4.78 is 38.2. The van der Waals surface area contributed by atoms with Crippen LogP contribution in [0.4, 0.5) is 13.2 Å². The molecule has 1 unspecified atom stereocenters. The molecule has 0 aromatic carbocycles. The van der Waals surface area contributed by atoms with Crippen LogP contribution >= 0.6 is 0 Å². The Labute approximate surface area is 126 Å². The van der Waals surface area contributed by atoms with E-state index < -0.39 is 24.7 Å². The Bertz CT molecular complexity index is 538. The Morgan fingerprint density at radius 2 is 2.09 bits per heavy atom. The molecule has 1 aliphatic carbocycles. The minimum absolute atomic E-state index is 0.344. The highest BCUT2D eigenvalue weighted by atomic mass is 19.4. The fourth-order valence-electron chi connectivity index (χ4n) is 2.11. The second kappa shape index (κ2) is 6.23. The van der Waals surface area contributed by atoms with Gasteiger partial charge in [0.1, 0.15) is 18.2 Å². The second-order valence-corrected chi connectivity index (χ2v) is 5.73. The highest BCUT2D eigenvalue weighted by Gasteiger charge is 2.31. The summed E-state index contributed by atoms with van der Waals surface area (Å²) >= 11 is 0. The number of likely N-dealkylation sites (N-methyl/N-ethyl adjacent to an activating group) is 1. The fraction of sp³-hybridized carbons (Fsp3) is 0.769. The monoisotopic (exact) mass is 319 g/mol. The molecular formula is C13H20F3N5O. The van der Waals surface area contributed by atoms with Gasteiger partial charge in [0.25, 0.3) is 0 Å². The van der Waals surface area contributed by atoms with Crippen molar-refractivity contribution < 1.29 is 18.0 Å². The molecule has 1 amide bonds.